The molecule has 0 saturated heterocycles. The maximum Gasteiger partial charge on any atom is 0.350 e. The van der Waals surface area contributed by atoms with Crippen molar-refractivity contribution in [2.24, 2.45) is 0 Å². The summed E-state index contributed by atoms with van der Waals surface area (Å²) in [5, 5.41) is 6.93. The highest BCUT2D eigenvalue weighted by Crippen LogP contribution is 2.35. The number of nitrogens with one attached hydrogen (secondary N) is 1. The number of ether oxygens (including phenoxy) is 1. The number of hydrogen-bond donors (Lipinski definition) is 1. The fraction of sp³-hybridized carbons (Fsp3) is 0.211. The third-order valence-corrected chi connectivity index (χ3v) is 4.91. The zero-order valence-electron chi connectivity index (χ0n) is 14.6. The number of hydrogen-bond acceptors (Lipinski definition) is 5. The van der Waals surface area contributed by atoms with Gasteiger partial charge in [0, 0.05) is 17.6 Å². The van der Waals surface area contributed by atoms with Crippen LogP contribution >= 0.6 is 11.3 Å². The fourth-order valence-electron chi connectivity index (χ4n) is 2.54. The minimum atomic E-state index is -0.445. The maximum atomic E-state index is 12.6. The number of nitrogens with zero attached hydrogens (tertiary/aromatic N) is 2. The second-order valence-electron chi connectivity index (χ2n) is 5.43. The van der Waals surface area contributed by atoms with Crippen LogP contribution in [0.2, 0.25) is 0 Å². The number of benzene rings is 1. The molecule has 26 heavy (non-hydrogen) atoms. The molecule has 0 spiro atoms. The molecule has 1 N–H and O–H groups in total. The lowest BCUT2D eigenvalue weighted by molar-refractivity contribution is 0.0533. The van der Waals surface area contributed by atoms with Crippen LogP contribution in [0.15, 0.2) is 48.7 Å². The standard InChI is InChI=1S/C19H19N3O3S/c1-3-22-15(10-11-20-22)18(23)21-14-12-16(13-8-6-5-7-9-13)26-17(14)19(24)25-4-2/h5-12H,3-4H2,1-2H3,(H,21,23). The number of rotatable bonds is 6. The Morgan fingerprint density at radius 3 is 2.65 bits per heavy atom. The van der Waals surface area contributed by atoms with Crippen LogP contribution in [0.1, 0.15) is 34.0 Å². The Kier molecular flexibility index (Phi) is 5.48. The second kappa shape index (κ2) is 7.97. The SMILES string of the molecule is CCOC(=O)c1sc(-c2ccccc2)cc1NC(=O)c1ccnn1CC. The first-order chi connectivity index (χ1) is 12.6. The number of aryl methyl sites for hydroxylation is 1. The van der Waals surface area contributed by atoms with E-state index in [0.29, 0.717) is 22.8 Å². The summed E-state index contributed by atoms with van der Waals surface area (Å²) in [6.07, 6.45) is 1.58. The van der Waals surface area contributed by atoms with E-state index < -0.39 is 5.97 Å². The molecule has 0 aliphatic rings. The first-order valence-electron chi connectivity index (χ1n) is 8.33. The number of carbonyl (C=O) groups is 2. The number of thiophene rings is 1. The first-order valence-corrected chi connectivity index (χ1v) is 9.15. The Bertz CT molecular complexity index is 915. The monoisotopic (exact) mass is 369 g/mol. The molecular weight excluding hydrogens is 350 g/mol. The highest BCUT2D eigenvalue weighted by Gasteiger charge is 2.21. The van der Waals surface area contributed by atoms with Gasteiger partial charge in [-0.3, -0.25) is 9.48 Å². The lowest BCUT2D eigenvalue weighted by Gasteiger charge is -2.07. The number of aromatic nitrogens is 2. The highest BCUT2D eigenvalue weighted by atomic mass is 32.1. The minimum absolute atomic E-state index is 0.271. The topological polar surface area (TPSA) is 73.2 Å². The molecule has 0 bridgehead atoms. The molecule has 3 rings (SSSR count). The summed E-state index contributed by atoms with van der Waals surface area (Å²) in [4.78, 5) is 26.2. The molecule has 1 aromatic carbocycles. The van der Waals surface area contributed by atoms with Gasteiger partial charge in [0.2, 0.25) is 0 Å². The summed E-state index contributed by atoms with van der Waals surface area (Å²) in [6, 6.07) is 13.1. The minimum Gasteiger partial charge on any atom is -0.462 e. The first kappa shape index (κ1) is 17.9. The van der Waals surface area contributed by atoms with Crippen molar-refractivity contribution in [1.82, 2.24) is 9.78 Å². The van der Waals surface area contributed by atoms with Crippen LogP contribution in [0.4, 0.5) is 5.69 Å². The summed E-state index contributed by atoms with van der Waals surface area (Å²) in [5.41, 5.74) is 1.86. The van der Waals surface area contributed by atoms with Crippen molar-refractivity contribution in [3.63, 3.8) is 0 Å². The molecular formula is C19H19N3O3S. The molecule has 1 amide bonds. The third-order valence-electron chi connectivity index (χ3n) is 3.75. The molecule has 0 fully saturated rings. The van der Waals surface area contributed by atoms with Gasteiger partial charge in [-0.05, 0) is 31.5 Å². The van der Waals surface area contributed by atoms with Crippen molar-refractivity contribution in [3.8, 4) is 10.4 Å². The molecule has 0 radical (unpaired) electrons. The fourth-order valence-corrected chi connectivity index (χ4v) is 3.55. The van der Waals surface area contributed by atoms with Gasteiger partial charge in [-0.1, -0.05) is 30.3 Å². The van der Waals surface area contributed by atoms with Crippen LogP contribution in [-0.4, -0.2) is 28.3 Å². The van der Waals surface area contributed by atoms with Crippen molar-refractivity contribution in [2.45, 2.75) is 20.4 Å². The van der Waals surface area contributed by atoms with Crippen LogP contribution in [0.3, 0.4) is 0 Å². The van der Waals surface area contributed by atoms with E-state index >= 15 is 0 Å². The Labute approximate surface area is 155 Å². The molecule has 7 heteroatoms. The van der Waals surface area contributed by atoms with Gasteiger partial charge in [0.05, 0.1) is 12.3 Å². The number of carbonyl (C=O) groups excluding carboxylic acids is 2. The summed E-state index contributed by atoms with van der Waals surface area (Å²) >= 11 is 1.30. The van der Waals surface area contributed by atoms with Crippen molar-refractivity contribution in [2.75, 3.05) is 11.9 Å². The average molecular weight is 369 g/mol. The van der Waals surface area contributed by atoms with Gasteiger partial charge >= 0.3 is 5.97 Å². The quantitative estimate of drug-likeness (QED) is 0.665. The lowest BCUT2D eigenvalue weighted by atomic mass is 10.2. The van der Waals surface area contributed by atoms with Crippen LogP contribution in [0.25, 0.3) is 10.4 Å². The van der Waals surface area contributed by atoms with Gasteiger partial charge < -0.3 is 10.1 Å². The lowest BCUT2D eigenvalue weighted by Crippen LogP contribution is -2.18. The van der Waals surface area contributed by atoms with E-state index in [-0.39, 0.29) is 12.5 Å². The summed E-state index contributed by atoms with van der Waals surface area (Å²) in [7, 11) is 0. The number of anilines is 1. The molecule has 0 aliphatic carbocycles. The van der Waals surface area contributed by atoms with Crippen molar-refractivity contribution >= 4 is 28.9 Å². The zero-order valence-corrected chi connectivity index (χ0v) is 15.4. The van der Waals surface area contributed by atoms with Crippen molar-refractivity contribution in [1.29, 1.82) is 0 Å². The number of esters is 1. The van der Waals surface area contributed by atoms with Gasteiger partial charge in [0.1, 0.15) is 10.6 Å². The Balaban J connectivity index is 1.95. The van der Waals surface area contributed by atoms with Gasteiger partial charge in [-0.25, -0.2) is 4.79 Å². The normalized spacial score (nSPS) is 10.5. The second-order valence-corrected chi connectivity index (χ2v) is 6.48. The molecule has 2 heterocycles. The van der Waals surface area contributed by atoms with Crippen LogP contribution < -0.4 is 5.32 Å². The van der Waals surface area contributed by atoms with Crippen LogP contribution in [0.5, 0.6) is 0 Å². The molecule has 6 nitrogen and oxygen atoms in total. The van der Waals surface area contributed by atoms with E-state index in [2.05, 4.69) is 10.4 Å². The average Bonchev–Trinajstić information content (AvgIpc) is 3.29. The van der Waals surface area contributed by atoms with Crippen molar-refractivity contribution < 1.29 is 14.3 Å². The molecule has 3 aromatic rings. The van der Waals surface area contributed by atoms with Gasteiger partial charge in [0.25, 0.3) is 5.91 Å². The molecule has 0 saturated carbocycles. The van der Waals surface area contributed by atoms with Gasteiger partial charge in [-0.15, -0.1) is 11.3 Å². The largest absolute Gasteiger partial charge is 0.462 e. The Hall–Kier alpha value is -2.93. The summed E-state index contributed by atoms with van der Waals surface area (Å²) in [6.45, 7) is 4.51. The Morgan fingerprint density at radius 2 is 1.96 bits per heavy atom. The van der Waals surface area contributed by atoms with E-state index in [1.807, 2.05) is 37.3 Å². The molecule has 0 unspecified atom stereocenters. The zero-order chi connectivity index (χ0) is 18.5. The van der Waals surface area contributed by atoms with Gasteiger partial charge in [-0.2, -0.15) is 5.10 Å². The Morgan fingerprint density at radius 1 is 1.19 bits per heavy atom. The predicted molar refractivity (Wildman–Crippen MR) is 102 cm³/mol. The summed E-state index contributed by atoms with van der Waals surface area (Å²) < 4.78 is 6.74. The highest BCUT2D eigenvalue weighted by molar-refractivity contribution is 7.18. The predicted octanol–water partition coefficient (Wildman–Crippen LogP) is 4.06. The van der Waals surface area contributed by atoms with Crippen LogP contribution in [0, 0.1) is 0 Å². The van der Waals surface area contributed by atoms with E-state index in [9.17, 15) is 9.59 Å². The molecule has 0 aliphatic heterocycles. The summed E-state index contributed by atoms with van der Waals surface area (Å²) in [5.74, 6) is -0.758. The third kappa shape index (κ3) is 3.67. The smallest absolute Gasteiger partial charge is 0.350 e. The van der Waals surface area contributed by atoms with Gasteiger partial charge in [0.15, 0.2) is 0 Å². The van der Waals surface area contributed by atoms with Crippen LogP contribution in [-0.2, 0) is 11.3 Å². The van der Waals surface area contributed by atoms with E-state index in [4.69, 9.17) is 4.74 Å². The molecule has 0 atom stereocenters. The van der Waals surface area contributed by atoms with Crippen molar-refractivity contribution in [3.05, 3.63) is 59.2 Å². The van der Waals surface area contributed by atoms with E-state index in [1.54, 1.807) is 29.9 Å². The van der Waals surface area contributed by atoms with E-state index in [1.165, 1.54) is 11.3 Å². The maximum absolute atomic E-state index is 12.6. The molecule has 134 valence electrons. The number of amides is 1. The molecule has 2 aromatic heterocycles. The van der Waals surface area contributed by atoms with E-state index in [0.717, 1.165) is 10.4 Å².